The minimum Gasteiger partial charge on any atom is -0.351 e. The van der Waals surface area contributed by atoms with Crippen molar-refractivity contribution in [2.24, 2.45) is 0 Å². The molecule has 2 aromatic rings. The molecule has 2 N–H and O–H groups in total. The van der Waals surface area contributed by atoms with Crippen molar-refractivity contribution in [1.29, 1.82) is 0 Å². The Morgan fingerprint density at radius 1 is 1.32 bits per heavy atom. The molecule has 1 aliphatic heterocycles. The number of aromatic nitrogens is 1. The number of nitrogens with zero attached hydrogens (tertiary/aromatic N) is 1. The van der Waals surface area contributed by atoms with E-state index in [0.29, 0.717) is 16.6 Å². The second kappa shape index (κ2) is 6.53. The van der Waals surface area contributed by atoms with E-state index < -0.39 is 0 Å². The molecule has 2 amide bonds. The first kappa shape index (κ1) is 14.5. The molecule has 0 saturated heterocycles. The highest BCUT2D eigenvalue weighted by atomic mass is 32.1. The molecule has 6 heteroatoms. The zero-order valence-electron chi connectivity index (χ0n) is 11.8. The molecule has 3 rings (SSSR count). The molecule has 5 nitrogen and oxygen atoms in total. The van der Waals surface area contributed by atoms with Crippen LogP contribution in [0, 0.1) is 0 Å². The number of nitrogens with one attached hydrogen (secondary N) is 2. The van der Waals surface area contributed by atoms with Crippen molar-refractivity contribution in [1.82, 2.24) is 10.3 Å². The molecule has 1 aromatic carbocycles. The van der Waals surface area contributed by atoms with Gasteiger partial charge in [0.05, 0.1) is 5.69 Å². The number of rotatable bonds is 3. The zero-order valence-corrected chi connectivity index (χ0v) is 12.7. The molecule has 112 valence electrons. The van der Waals surface area contributed by atoms with Gasteiger partial charge in [-0.1, -0.05) is 41.7 Å². The van der Waals surface area contributed by atoms with Crippen LogP contribution in [0.3, 0.4) is 0 Å². The van der Waals surface area contributed by atoms with E-state index in [4.69, 9.17) is 0 Å². The van der Waals surface area contributed by atoms with E-state index in [1.807, 2.05) is 30.3 Å². The standard InChI is InChI=1S/C16H15N3O2S/c20-13(9-8-11-5-2-1-3-6-11)19-16-18-12-7-4-10-17-15(21)14(12)22-16/h1-3,5-6,8-9H,4,7,10H2,(H,17,21)(H,18,19,20). The molecule has 0 aliphatic carbocycles. The average molecular weight is 313 g/mol. The fourth-order valence-corrected chi connectivity index (χ4v) is 3.10. The van der Waals surface area contributed by atoms with Gasteiger partial charge in [0.15, 0.2) is 5.13 Å². The van der Waals surface area contributed by atoms with Gasteiger partial charge in [0.1, 0.15) is 4.88 Å². The first-order chi connectivity index (χ1) is 10.7. The number of benzene rings is 1. The quantitative estimate of drug-likeness (QED) is 0.855. The van der Waals surface area contributed by atoms with Gasteiger partial charge in [-0.3, -0.25) is 14.9 Å². The predicted molar refractivity (Wildman–Crippen MR) is 86.9 cm³/mol. The summed E-state index contributed by atoms with van der Waals surface area (Å²) in [5, 5.41) is 5.99. The molecule has 2 heterocycles. The number of carbonyl (C=O) groups is 2. The number of hydrogen-bond donors (Lipinski definition) is 2. The van der Waals surface area contributed by atoms with Crippen molar-refractivity contribution in [2.75, 3.05) is 11.9 Å². The van der Waals surface area contributed by atoms with Crippen LogP contribution in [-0.2, 0) is 11.2 Å². The van der Waals surface area contributed by atoms with Gasteiger partial charge in [0.2, 0.25) is 5.91 Å². The third-order valence-electron chi connectivity index (χ3n) is 3.24. The van der Waals surface area contributed by atoms with Crippen LogP contribution in [0.2, 0.25) is 0 Å². The van der Waals surface area contributed by atoms with E-state index in [9.17, 15) is 9.59 Å². The summed E-state index contributed by atoms with van der Waals surface area (Å²) < 4.78 is 0. The summed E-state index contributed by atoms with van der Waals surface area (Å²) in [5.74, 6) is -0.363. The lowest BCUT2D eigenvalue weighted by Gasteiger charge is -1.98. The van der Waals surface area contributed by atoms with E-state index in [1.54, 1.807) is 6.08 Å². The molecule has 0 saturated carbocycles. The van der Waals surface area contributed by atoms with Crippen molar-refractivity contribution >= 4 is 34.4 Å². The lowest BCUT2D eigenvalue weighted by molar-refractivity contribution is -0.111. The Labute approximate surface area is 132 Å². The Bertz CT molecular complexity index is 722. The number of thiazole rings is 1. The highest BCUT2D eigenvalue weighted by Gasteiger charge is 2.20. The maximum absolute atomic E-state index is 11.9. The van der Waals surface area contributed by atoms with Gasteiger partial charge in [-0.2, -0.15) is 0 Å². The van der Waals surface area contributed by atoms with Crippen LogP contribution < -0.4 is 10.6 Å². The molecule has 0 unspecified atom stereocenters. The third kappa shape index (κ3) is 3.40. The molecule has 1 aliphatic rings. The van der Waals surface area contributed by atoms with Crippen molar-refractivity contribution in [2.45, 2.75) is 12.8 Å². The monoisotopic (exact) mass is 313 g/mol. The van der Waals surface area contributed by atoms with Gasteiger partial charge in [-0.15, -0.1) is 0 Å². The summed E-state index contributed by atoms with van der Waals surface area (Å²) >= 11 is 1.22. The fourth-order valence-electron chi connectivity index (χ4n) is 2.17. The van der Waals surface area contributed by atoms with Crippen molar-refractivity contribution in [3.05, 3.63) is 52.5 Å². The highest BCUT2D eigenvalue weighted by molar-refractivity contribution is 7.17. The van der Waals surface area contributed by atoms with Crippen LogP contribution in [0.4, 0.5) is 5.13 Å². The summed E-state index contributed by atoms with van der Waals surface area (Å²) in [5.41, 5.74) is 1.72. The van der Waals surface area contributed by atoms with Crippen molar-refractivity contribution < 1.29 is 9.59 Å². The lowest BCUT2D eigenvalue weighted by atomic mass is 10.2. The number of hydrogen-bond acceptors (Lipinski definition) is 4. The number of aryl methyl sites for hydroxylation is 1. The van der Waals surface area contributed by atoms with Gasteiger partial charge in [0.25, 0.3) is 5.91 Å². The summed E-state index contributed by atoms with van der Waals surface area (Å²) in [7, 11) is 0. The molecule has 1 aromatic heterocycles. The lowest BCUT2D eigenvalue weighted by Crippen LogP contribution is -2.21. The molecular formula is C16H15N3O2S. The summed E-state index contributed by atoms with van der Waals surface area (Å²) in [6.45, 7) is 0.670. The topological polar surface area (TPSA) is 71.1 Å². The summed E-state index contributed by atoms with van der Waals surface area (Å²) in [6, 6.07) is 9.58. The van der Waals surface area contributed by atoms with E-state index in [-0.39, 0.29) is 11.8 Å². The minimum atomic E-state index is -0.256. The minimum absolute atomic E-state index is 0.106. The molecule has 0 bridgehead atoms. The Hall–Kier alpha value is -2.47. The third-order valence-corrected chi connectivity index (χ3v) is 4.25. The van der Waals surface area contributed by atoms with Crippen LogP contribution in [0.1, 0.15) is 27.3 Å². The normalized spacial score (nSPS) is 14.3. The number of anilines is 1. The van der Waals surface area contributed by atoms with Crippen molar-refractivity contribution in [3.8, 4) is 0 Å². The van der Waals surface area contributed by atoms with E-state index >= 15 is 0 Å². The van der Waals surface area contributed by atoms with Gasteiger partial charge in [-0.25, -0.2) is 4.98 Å². The fraction of sp³-hybridized carbons (Fsp3) is 0.188. The smallest absolute Gasteiger partial charge is 0.263 e. The van der Waals surface area contributed by atoms with Gasteiger partial charge >= 0.3 is 0 Å². The predicted octanol–water partition coefficient (Wildman–Crippen LogP) is 2.47. The summed E-state index contributed by atoms with van der Waals surface area (Å²) in [4.78, 5) is 28.7. The molecular weight excluding hydrogens is 298 g/mol. The van der Waals surface area contributed by atoms with Crippen LogP contribution in [0.5, 0.6) is 0 Å². The molecule has 22 heavy (non-hydrogen) atoms. The van der Waals surface area contributed by atoms with Crippen LogP contribution in [-0.4, -0.2) is 23.3 Å². The first-order valence-electron chi connectivity index (χ1n) is 7.04. The molecule has 0 fully saturated rings. The number of carbonyl (C=O) groups excluding carboxylic acids is 2. The maximum atomic E-state index is 11.9. The average Bonchev–Trinajstić information content (AvgIpc) is 2.85. The van der Waals surface area contributed by atoms with Crippen molar-refractivity contribution in [3.63, 3.8) is 0 Å². The van der Waals surface area contributed by atoms with Crippen LogP contribution >= 0.6 is 11.3 Å². The summed E-state index contributed by atoms with van der Waals surface area (Å²) in [6.07, 6.45) is 4.81. The SMILES string of the molecule is O=C(C=Cc1ccccc1)Nc1nc2c(s1)C(=O)NCCC2. The highest BCUT2D eigenvalue weighted by Crippen LogP contribution is 2.25. The molecule has 0 spiro atoms. The largest absolute Gasteiger partial charge is 0.351 e. The Kier molecular flexibility index (Phi) is 4.29. The van der Waals surface area contributed by atoms with E-state index in [2.05, 4.69) is 15.6 Å². The Balaban J connectivity index is 1.68. The van der Waals surface area contributed by atoms with E-state index in [0.717, 1.165) is 24.1 Å². The Morgan fingerprint density at radius 3 is 2.95 bits per heavy atom. The number of fused-ring (bicyclic) bond motifs is 1. The molecule has 0 radical (unpaired) electrons. The molecule has 0 atom stereocenters. The van der Waals surface area contributed by atoms with Crippen LogP contribution in [0.25, 0.3) is 6.08 Å². The van der Waals surface area contributed by atoms with Gasteiger partial charge in [-0.05, 0) is 24.5 Å². The number of amides is 2. The van der Waals surface area contributed by atoms with Gasteiger partial charge in [0, 0.05) is 12.6 Å². The second-order valence-electron chi connectivity index (χ2n) is 4.89. The first-order valence-corrected chi connectivity index (χ1v) is 7.86. The second-order valence-corrected chi connectivity index (χ2v) is 5.89. The van der Waals surface area contributed by atoms with Crippen LogP contribution in [0.15, 0.2) is 36.4 Å². The van der Waals surface area contributed by atoms with E-state index in [1.165, 1.54) is 17.4 Å². The zero-order chi connectivity index (χ0) is 15.4. The van der Waals surface area contributed by atoms with Gasteiger partial charge < -0.3 is 5.32 Å². The maximum Gasteiger partial charge on any atom is 0.263 e. The Morgan fingerprint density at radius 2 is 2.14 bits per heavy atom.